The van der Waals surface area contributed by atoms with Gasteiger partial charge in [0.2, 0.25) is 5.91 Å². The van der Waals surface area contributed by atoms with E-state index in [0.29, 0.717) is 5.92 Å². The average molecular weight is 331 g/mol. The highest BCUT2D eigenvalue weighted by atomic mass is 32.1. The Kier molecular flexibility index (Phi) is 5.01. The van der Waals surface area contributed by atoms with E-state index < -0.39 is 5.41 Å². The number of thiazole rings is 1. The maximum atomic E-state index is 13.0. The molecule has 23 heavy (non-hydrogen) atoms. The normalized spacial score (nSPS) is 24.2. The highest BCUT2D eigenvalue weighted by Crippen LogP contribution is 2.39. The van der Waals surface area contributed by atoms with Crippen LogP contribution in [0.25, 0.3) is 0 Å². The Balaban J connectivity index is 1.72. The number of carbonyl (C=O) groups is 1. The van der Waals surface area contributed by atoms with Crippen molar-refractivity contribution in [1.82, 2.24) is 9.88 Å². The number of rotatable bonds is 3. The quantitative estimate of drug-likeness (QED) is 0.844. The Morgan fingerprint density at radius 2 is 2.22 bits per heavy atom. The van der Waals surface area contributed by atoms with Gasteiger partial charge in [-0.2, -0.15) is 5.26 Å². The summed E-state index contributed by atoms with van der Waals surface area (Å²) in [5.74, 6) is 0.425. The van der Waals surface area contributed by atoms with E-state index in [4.69, 9.17) is 4.98 Å². The number of hydrogen-bond acceptors (Lipinski definition) is 4. The van der Waals surface area contributed by atoms with Crippen LogP contribution >= 0.6 is 11.3 Å². The van der Waals surface area contributed by atoms with Gasteiger partial charge < -0.3 is 4.90 Å². The Hall–Kier alpha value is -1.41. The second kappa shape index (κ2) is 7.00. The molecule has 1 aliphatic carbocycles. The fourth-order valence-electron chi connectivity index (χ4n) is 3.87. The van der Waals surface area contributed by atoms with Gasteiger partial charge in [0.25, 0.3) is 0 Å². The molecule has 124 valence electrons. The Labute approximate surface area is 142 Å². The number of amides is 1. The van der Waals surface area contributed by atoms with Crippen LogP contribution in [-0.2, 0) is 11.2 Å². The van der Waals surface area contributed by atoms with Crippen LogP contribution < -0.4 is 0 Å². The van der Waals surface area contributed by atoms with Gasteiger partial charge in [0, 0.05) is 24.4 Å². The van der Waals surface area contributed by atoms with Gasteiger partial charge in [0.1, 0.15) is 5.41 Å². The predicted octanol–water partition coefficient (Wildman–Crippen LogP) is 3.89. The van der Waals surface area contributed by atoms with Crippen molar-refractivity contribution in [1.29, 1.82) is 5.26 Å². The number of aryl methyl sites for hydroxylation is 1. The summed E-state index contributed by atoms with van der Waals surface area (Å²) in [5, 5.41) is 12.9. The van der Waals surface area contributed by atoms with Crippen molar-refractivity contribution < 1.29 is 4.79 Å². The molecule has 2 fully saturated rings. The first kappa shape index (κ1) is 16.4. The number of aromatic nitrogens is 1. The van der Waals surface area contributed by atoms with E-state index in [-0.39, 0.29) is 5.91 Å². The van der Waals surface area contributed by atoms with Crippen molar-refractivity contribution in [3.63, 3.8) is 0 Å². The molecule has 0 radical (unpaired) electrons. The molecule has 0 aromatic carbocycles. The molecule has 1 saturated carbocycles. The fourth-order valence-corrected chi connectivity index (χ4v) is 4.90. The van der Waals surface area contributed by atoms with Crippen molar-refractivity contribution in [2.24, 2.45) is 5.41 Å². The second-order valence-corrected chi connectivity index (χ2v) is 7.77. The summed E-state index contributed by atoms with van der Waals surface area (Å²) in [6, 6.07) is 2.38. The number of likely N-dealkylation sites (tertiary alicyclic amines) is 1. The summed E-state index contributed by atoms with van der Waals surface area (Å²) < 4.78 is 0. The van der Waals surface area contributed by atoms with E-state index in [1.807, 2.05) is 4.90 Å². The van der Waals surface area contributed by atoms with Gasteiger partial charge >= 0.3 is 0 Å². The first-order valence-corrected chi connectivity index (χ1v) is 9.71. The van der Waals surface area contributed by atoms with Crippen molar-refractivity contribution in [2.45, 2.75) is 64.2 Å². The minimum atomic E-state index is -0.752. The van der Waals surface area contributed by atoms with Crippen LogP contribution in [0.1, 0.15) is 68.5 Å². The lowest BCUT2D eigenvalue weighted by Gasteiger charge is -2.38. The molecule has 4 nitrogen and oxygen atoms in total. The van der Waals surface area contributed by atoms with E-state index in [1.54, 1.807) is 11.3 Å². The SMILES string of the molecule is CCc1csc(C2CCCN(C(=O)C3(C#N)CCCCC3)C2)n1. The molecule has 2 heterocycles. The molecule has 0 bridgehead atoms. The number of piperidine rings is 1. The first-order chi connectivity index (χ1) is 11.2. The lowest BCUT2D eigenvalue weighted by Crippen LogP contribution is -2.48. The van der Waals surface area contributed by atoms with Crippen molar-refractivity contribution >= 4 is 17.2 Å². The molecule has 1 aliphatic heterocycles. The fraction of sp³-hybridized carbons (Fsp3) is 0.722. The maximum absolute atomic E-state index is 13.0. The van der Waals surface area contributed by atoms with Gasteiger partial charge in [0.05, 0.1) is 16.8 Å². The van der Waals surface area contributed by atoms with Crippen LogP contribution in [-0.4, -0.2) is 28.9 Å². The molecule has 3 rings (SSSR count). The largest absolute Gasteiger partial charge is 0.341 e. The van der Waals surface area contributed by atoms with E-state index in [9.17, 15) is 10.1 Å². The first-order valence-electron chi connectivity index (χ1n) is 8.83. The number of hydrogen-bond donors (Lipinski definition) is 0. The van der Waals surface area contributed by atoms with Gasteiger partial charge in [-0.3, -0.25) is 4.79 Å². The van der Waals surface area contributed by atoms with E-state index in [1.165, 1.54) is 0 Å². The summed E-state index contributed by atoms with van der Waals surface area (Å²) in [6.07, 6.45) is 7.70. The molecular weight excluding hydrogens is 306 g/mol. The number of nitriles is 1. The minimum absolute atomic E-state index is 0.0803. The minimum Gasteiger partial charge on any atom is -0.341 e. The number of nitrogens with zero attached hydrogens (tertiary/aromatic N) is 3. The van der Waals surface area contributed by atoms with Crippen molar-refractivity contribution in [3.05, 3.63) is 16.1 Å². The summed E-state index contributed by atoms with van der Waals surface area (Å²) >= 11 is 1.72. The average Bonchev–Trinajstić information content (AvgIpc) is 3.11. The third-order valence-corrected chi connectivity index (χ3v) is 6.38. The highest BCUT2D eigenvalue weighted by Gasteiger charge is 2.43. The third kappa shape index (κ3) is 3.28. The molecule has 0 spiro atoms. The Bertz CT molecular complexity index is 598. The van der Waals surface area contributed by atoms with Crippen LogP contribution in [0.3, 0.4) is 0 Å². The zero-order valence-corrected chi connectivity index (χ0v) is 14.7. The van der Waals surface area contributed by atoms with E-state index >= 15 is 0 Å². The molecule has 1 amide bonds. The smallest absolute Gasteiger partial charge is 0.243 e. The Morgan fingerprint density at radius 1 is 1.43 bits per heavy atom. The molecule has 2 aliphatic rings. The van der Waals surface area contributed by atoms with Crippen LogP contribution in [0, 0.1) is 16.7 Å². The van der Waals surface area contributed by atoms with E-state index in [0.717, 1.165) is 75.2 Å². The predicted molar refractivity (Wildman–Crippen MR) is 91.2 cm³/mol. The van der Waals surface area contributed by atoms with Crippen molar-refractivity contribution in [2.75, 3.05) is 13.1 Å². The molecule has 1 saturated heterocycles. The van der Waals surface area contributed by atoms with Gasteiger partial charge in [-0.15, -0.1) is 11.3 Å². The highest BCUT2D eigenvalue weighted by molar-refractivity contribution is 7.09. The molecule has 1 aromatic heterocycles. The molecule has 1 unspecified atom stereocenters. The Morgan fingerprint density at radius 3 is 2.87 bits per heavy atom. The zero-order chi connectivity index (χ0) is 16.3. The topological polar surface area (TPSA) is 57.0 Å². The summed E-state index contributed by atoms with van der Waals surface area (Å²) in [6.45, 7) is 3.65. The summed E-state index contributed by atoms with van der Waals surface area (Å²) in [7, 11) is 0. The van der Waals surface area contributed by atoms with Crippen LogP contribution in [0.15, 0.2) is 5.38 Å². The molecular formula is C18H25N3OS. The lowest BCUT2D eigenvalue weighted by molar-refractivity contribution is -0.141. The molecule has 1 aromatic rings. The van der Waals surface area contributed by atoms with Crippen LogP contribution in [0.2, 0.25) is 0 Å². The maximum Gasteiger partial charge on any atom is 0.243 e. The standard InChI is InChI=1S/C18H25N3OS/c1-2-15-12-23-16(20-15)14-7-6-10-21(11-14)17(22)18(13-19)8-4-3-5-9-18/h12,14H,2-11H2,1H3. The van der Waals surface area contributed by atoms with Gasteiger partial charge in [-0.05, 0) is 32.1 Å². The second-order valence-electron chi connectivity index (χ2n) is 6.88. The molecule has 5 heteroatoms. The summed E-state index contributed by atoms with van der Waals surface area (Å²) in [5.41, 5.74) is 0.395. The lowest BCUT2D eigenvalue weighted by atomic mass is 9.74. The van der Waals surface area contributed by atoms with Crippen molar-refractivity contribution in [3.8, 4) is 6.07 Å². The van der Waals surface area contributed by atoms with Gasteiger partial charge in [-0.25, -0.2) is 4.98 Å². The van der Waals surface area contributed by atoms with Gasteiger partial charge in [-0.1, -0.05) is 26.2 Å². The third-order valence-electron chi connectivity index (χ3n) is 5.32. The van der Waals surface area contributed by atoms with Crippen LogP contribution in [0.4, 0.5) is 0 Å². The molecule has 0 N–H and O–H groups in total. The molecule has 1 atom stereocenters. The van der Waals surface area contributed by atoms with Crippen LogP contribution in [0.5, 0.6) is 0 Å². The van der Waals surface area contributed by atoms with Gasteiger partial charge in [0.15, 0.2) is 0 Å². The summed E-state index contributed by atoms with van der Waals surface area (Å²) in [4.78, 5) is 19.7. The zero-order valence-electron chi connectivity index (χ0n) is 13.9. The monoisotopic (exact) mass is 331 g/mol. The van der Waals surface area contributed by atoms with E-state index in [2.05, 4.69) is 18.4 Å². The number of carbonyl (C=O) groups excluding carboxylic acids is 1.